The summed E-state index contributed by atoms with van der Waals surface area (Å²) < 4.78 is 41.8. The van der Waals surface area contributed by atoms with Gasteiger partial charge in [0.25, 0.3) is 0 Å². The number of carbonyl (C=O) groups is 2. The number of nitrogens with zero attached hydrogens (tertiary/aromatic N) is 3. The Morgan fingerprint density at radius 1 is 1.14 bits per heavy atom. The van der Waals surface area contributed by atoms with Crippen molar-refractivity contribution in [2.75, 3.05) is 27.2 Å². The third-order valence-electron chi connectivity index (χ3n) is 8.32. The quantitative estimate of drug-likeness (QED) is 0.145. The number of aromatic nitrogens is 2. The second kappa shape index (κ2) is 18.3. The fraction of sp³-hybridized carbons (Fsp3) is 0.474. The fourth-order valence-electron chi connectivity index (χ4n) is 5.65. The summed E-state index contributed by atoms with van der Waals surface area (Å²) >= 11 is 5.18. The standard InChI is InChI=1S/C19H28F3N3O3S.C19H19NO/c1-12(2)9-15(18(28)23-7-5-17(26)27)25-11-13(6-8-24(3)4)14(10-16(25)29)19(20,21)22;1-13-4-3-5-14(2)19(13)16-8-9-20-17(12-16)7-6-15-10-18(21)11-15/h10-12,15H,5-9H2,1-4H3,(H,23,28)(H,26,27);3-5,8-9,12,15,18,21H,10-11H2,1-2H3. The van der Waals surface area contributed by atoms with Gasteiger partial charge < -0.3 is 25.0 Å². The van der Waals surface area contributed by atoms with Crippen molar-refractivity contribution in [3.05, 3.63) is 81.4 Å². The van der Waals surface area contributed by atoms with Gasteiger partial charge >= 0.3 is 12.1 Å². The van der Waals surface area contributed by atoms with E-state index in [0.29, 0.717) is 18.9 Å². The SMILES string of the molecule is CC(C)CC(C(=O)NCCC(=O)O)n1cc(CCN(C)C)c(C(F)(F)F)cc1=S.Cc1cccc(C)c1-c1ccnc(C#CC2CC(O)C2)c1. The Hall–Kier alpha value is -4.05. The maximum atomic E-state index is 13.5. The van der Waals surface area contributed by atoms with E-state index in [1.54, 1.807) is 19.0 Å². The first kappa shape index (κ1) is 40.4. The summed E-state index contributed by atoms with van der Waals surface area (Å²) in [4.78, 5) is 29.5. The molecular weight excluding hydrogens is 666 g/mol. The van der Waals surface area contributed by atoms with Gasteiger partial charge in [-0.2, -0.15) is 13.2 Å². The Balaban J connectivity index is 0.000000283. The largest absolute Gasteiger partial charge is 0.481 e. The van der Waals surface area contributed by atoms with Crippen LogP contribution < -0.4 is 5.32 Å². The van der Waals surface area contributed by atoms with Gasteiger partial charge in [-0.25, -0.2) is 4.98 Å². The van der Waals surface area contributed by atoms with E-state index in [2.05, 4.69) is 60.3 Å². The normalized spacial score (nSPS) is 16.1. The van der Waals surface area contributed by atoms with Crippen LogP contribution in [-0.2, 0) is 22.2 Å². The molecule has 1 saturated carbocycles. The summed E-state index contributed by atoms with van der Waals surface area (Å²) in [6, 6.07) is 10.5. The van der Waals surface area contributed by atoms with Gasteiger partial charge in [-0.3, -0.25) is 9.59 Å². The number of carboxylic acids is 1. The molecule has 4 rings (SSSR count). The number of nitrogens with one attached hydrogen (secondary N) is 1. The van der Waals surface area contributed by atoms with E-state index in [1.165, 1.54) is 33.0 Å². The van der Waals surface area contributed by atoms with Crippen LogP contribution in [-0.4, -0.2) is 69.8 Å². The molecule has 1 fully saturated rings. The Bertz CT molecular complexity index is 1730. The van der Waals surface area contributed by atoms with Crippen molar-refractivity contribution < 1.29 is 33.0 Å². The Morgan fingerprint density at radius 2 is 1.80 bits per heavy atom. The molecule has 0 spiro atoms. The number of pyridine rings is 2. The topological polar surface area (TPSA) is 108 Å². The van der Waals surface area contributed by atoms with Crippen LogP contribution in [0.25, 0.3) is 11.1 Å². The molecule has 0 bridgehead atoms. The molecule has 1 aliphatic carbocycles. The summed E-state index contributed by atoms with van der Waals surface area (Å²) in [6.45, 7) is 8.37. The molecule has 3 aromatic rings. The van der Waals surface area contributed by atoms with E-state index >= 15 is 0 Å². The highest BCUT2D eigenvalue weighted by Gasteiger charge is 2.35. The van der Waals surface area contributed by atoms with Crippen LogP contribution in [0.3, 0.4) is 0 Å². The van der Waals surface area contributed by atoms with Crippen molar-refractivity contribution in [1.29, 1.82) is 0 Å². The van der Waals surface area contributed by atoms with Gasteiger partial charge in [0.1, 0.15) is 16.4 Å². The molecule has 0 aliphatic heterocycles. The van der Waals surface area contributed by atoms with Gasteiger partial charge in [0.15, 0.2) is 0 Å². The van der Waals surface area contributed by atoms with Crippen LogP contribution in [0.15, 0.2) is 48.8 Å². The minimum atomic E-state index is -4.55. The summed E-state index contributed by atoms with van der Waals surface area (Å²) in [6.07, 6.45) is 0.279. The molecule has 1 aliphatic rings. The number of rotatable bonds is 11. The van der Waals surface area contributed by atoms with Gasteiger partial charge in [-0.05, 0) is 111 Å². The van der Waals surface area contributed by atoms with Gasteiger partial charge in [0.05, 0.1) is 18.1 Å². The van der Waals surface area contributed by atoms with E-state index in [9.17, 15) is 27.9 Å². The first-order valence-corrected chi connectivity index (χ1v) is 17.1. The molecular formula is C38H47F3N4O4S. The van der Waals surface area contributed by atoms with E-state index in [-0.39, 0.29) is 41.6 Å². The second-order valence-corrected chi connectivity index (χ2v) is 13.8. The molecule has 2 aromatic heterocycles. The van der Waals surface area contributed by atoms with Gasteiger partial charge in [0, 0.05) is 31.4 Å². The molecule has 3 N–H and O–H groups in total. The molecule has 2 heterocycles. The number of carbonyl (C=O) groups excluding carboxylic acids is 1. The number of aliphatic hydroxyl groups is 1. The van der Waals surface area contributed by atoms with Gasteiger partial charge in [-0.1, -0.05) is 50.2 Å². The predicted octanol–water partition coefficient (Wildman–Crippen LogP) is 7.01. The number of aliphatic hydroxyl groups excluding tert-OH is 1. The van der Waals surface area contributed by atoms with Crippen molar-refractivity contribution in [3.63, 3.8) is 0 Å². The molecule has 12 heteroatoms. The first-order chi connectivity index (χ1) is 23.5. The zero-order valence-electron chi connectivity index (χ0n) is 29.5. The lowest BCUT2D eigenvalue weighted by Crippen LogP contribution is -2.35. The van der Waals surface area contributed by atoms with Crippen LogP contribution >= 0.6 is 12.2 Å². The summed E-state index contributed by atoms with van der Waals surface area (Å²) in [5.41, 5.74) is 5.03. The lowest BCUT2D eigenvalue weighted by Gasteiger charge is -2.26. The number of likely N-dealkylation sites (N-methyl/N-ethyl adjacent to an activating group) is 1. The highest BCUT2D eigenvalue weighted by atomic mass is 32.1. The molecule has 270 valence electrons. The van der Waals surface area contributed by atoms with Crippen molar-refractivity contribution >= 4 is 24.1 Å². The van der Waals surface area contributed by atoms with Crippen molar-refractivity contribution in [3.8, 4) is 23.0 Å². The number of alkyl halides is 3. The zero-order valence-corrected chi connectivity index (χ0v) is 30.3. The van der Waals surface area contributed by atoms with Crippen molar-refractivity contribution in [2.45, 2.75) is 78.1 Å². The molecule has 1 unspecified atom stereocenters. The summed E-state index contributed by atoms with van der Waals surface area (Å²) in [7, 11) is 3.53. The highest BCUT2D eigenvalue weighted by molar-refractivity contribution is 7.71. The maximum Gasteiger partial charge on any atom is 0.416 e. The third-order valence-corrected chi connectivity index (χ3v) is 8.64. The van der Waals surface area contributed by atoms with Crippen LogP contribution in [0.1, 0.15) is 73.5 Å². The van der Waals surface area contributed by atoms with Crippen molar-refractivity contribution in [1.82, 2.24) is 19.8 Å². The molecule has 8 nitrogen and oxygen atoms in total. The first-order valence-electron chi connectivity index (χ1n) is 16.6. The lowest BCUT2D eigenvalue weighted by molar-refractivity contribution is -0.138. The number of benzene rings is 1. The average molecular weight is 713 g/mol. The third kappa shape index (κ3) is 12.1. The number of hydrogen-bond acceptors (Lipinski definition) is 6. The molecule has 1 aromatic carbocycles. The number of halogens is 3. The number of carboxylic acid groups (broad SMARTS) is 1. The number of aliphatic carboxylic acids is 1. The minimum absolute atomic E-state index is 0.0619. The van der Waals surface area contributed by atoms with E-state index < -0.39 is 29.7 Å². The summed E-state index contributed by atoms with van der Waals surface area (Å²) in [5, 5.41) is 20.6. The fourth-order valence-corrected chi connectivity index (χ4v) is 5.95. The van der Waals surface area contributed by atoms with Gasteiger partial charge in [0.2, 0.25) is 5.91 Å². The van der Waals surface area contributed by atoms with Gasteiger partial charge in [-0.15, -0.1) is 0 Å². The predicted molar refractivity (Wildman–Crippen MR) is 191 cm³/mol. The number of amides is 1. The van der Waals surface area contributed by atoms with Crippen molar-refractivity contribution in [2.24, 2.45) is 11.8 Å². The van der Waals surface area contributed by atoms with Crippen LogP contribution in [0, 0.1) is 42.2 Å². The van der Waals surface area contributed by atoms with Crippen LogP contribution in [0.4, 0.5) is 13.2 Å². The number of hydrogen-bond donors (Lipinski definition) is 3. The summed E-state index contributed by atoms with van der Waals surface area (Å²) in [5.74, 6) is 5.22. The molecule has 1 amide bonds. The Morgan fingerprint density at radius 3 is 2.36 bits per heavy atom. The molecule has 1 atom stereocenters. The second-order valence-electron chi connectivity index (χ2n) is 13.4. The highest BCUT2D eigenvalue weighted by Crippen LogP contribution is 2.34. The Labute approximate surface area is 297 Å². The van der Waals surface area contributed by atoms with Crippen LogP contribution in [0.5, 0.6) is 0 Å². The molecule has 50 heavy (non-hydrogen) atoms. The number of aryl methyl sites for hydroxylation is 2. The van der Waals surface area contributed by atoms with E-state index in [4.69, 9.17) is 17.3 Å². The lowest BCUT2D eigenvalue weighted by atomic mass is 9.83. The monoisotopic (exact) mass is 712 g/mol. The van der Waals surface area contributed by atoms with Crippen LogP contribution in [0.2, 0.25) is 0 Å². The maximum absolute atomic E-state index is 13.5. The average Bonchev–Trinajstić information content (AvgIpc) is 3.00. The smallest absolute Gasteiger partial charge is 0.416 e. The van der Waals surface area contributed by atoms with E-state index in [0.717, 1.165) is 24.6 Å². The Kier molecular flexibility index (Phi) is 14.7. The van der Waals surface area contributed by atoms with E-state index in [1.807, 2.05) is 26.1 Å². The molecule has 0 saturated heterocycles. The molecule has 0 radical (unpaired) electrons. The minimum Gasteiger partial charge on any atom is -0.481 e. The zero-order chi connectivity index (χ0) is 37.2.